The molecule has 0 atom stereocenters. The van der Waals surface area contributed by atoms with Gasteiger partial charge >= 0.3 is 0 Å². The first-order valence-electron chi connectivity index (χ1n) is 4.10. The number of thiophene rings is 1. The van der Waals surface area contributed by atoms with Gasteiger partial charge in [-0.1, -0.05) is 0 Å². The van der Waals surface area contributed by atoms with Crippen molar-refractivity contribution in [3.05, 3.63) is 23.1 Å². The van der Waals surface area contributed by atoms with E-state index in [0.717, 1.165) is 20.9 Å². The fourth-order valence-corrected chi connectivity index (χ4v) is 2.85. The van der Waals surface area contributed by atoms with Gasteiger partial charge in [-0.3, -0.25) is 0 Å². The van der Waals surface area contributed by atoms with Gasteiger partial charge in [0, 0.05) is 19.9 Å². The van der Waals surface area contributed by atoms with Crippen LogP contribution in [0.2, 0.25) is 0 Å². The van der Waals surface area contributed by atoms with Crippen LogP contribution in [0.15, 0.2) is 23.1 Å². The van der Waals surface area contributed by atoms with E-state index in [4.69, 9.17) is 16.3 Å². The molecule has 0 N–H and O–H groups in total. The molecule has 2 aromatic rings. The molecule has 0 aliphatic carbocycles. The maximum absolute atomic E-state index is 5.78. The van der Waals surface area contributed by atoms with Crippen LogP contribution in [0.1, 0.15) is 4.88 Å². The first-order valence-corrected chi connectivity index (χ1v) is 5.90. The number of fused-ring (bicyclic) bond motifs is 1. The predicted molar refractivity (Wildman–Crippen MR) is 65.2 cm³/mol. The summed E-state index contributed by atoms with van der Waals surface area (Å²) in [7, 11) is 1.66. The zero-order valence-electron chi connectivity index (χ0n) is 7.58. The fourth-order valence-electron chi connectivity index (χ4n) is 1.41. The Labute approximate surface area is 97.1 Å². The van der Waals surface area contributed by atoms with Gasteiger partial charge in [-0.2, -0.15) is 0 Å². The number of benzene rings is 1. The van der Waals surface area contributed by atoms with E-state index in [-0.39, 0.29) is 0 Å². The van der Waals surface area contributed by atoms with E-state index in [0.29, 0.717) is 5.88 Å². The van der Waals surface area contributed by atoms with Gasteiger partial charge in [0.1, 0.15) is 5.75 Å². The molecular weight excluding hydrogens is 236 g/mol. The third-order valence-electron chi connectivity index (χ3n) is 2.02. The molecule has 0 unspecified atom stereocenters. The standard InChI is InChI=1S/C10H9ClOS2/c1-12-10-7-4-6(5-11)14-9(7)3-2-8(10)13/h2-4,13H,5H2,1H3. The van der Waals surface area contributed by atoms with Crippen LogP contribution in [0.4, 0.5) is 0 Å². The number of hydrogen-bond donors (Lipinski definition) is 1. The van der Waals surface area contributed by atoms with Crippen molar-refractivity contribution in [3.63, 3.8) is 0 Å². The van der Waals surface area contributed by atoms with Crippen LogP contribution in [0.5, 0.6) is 5.75 Å². The minimum Gasteiger partial charge on any atom is -0.495 e. The molecule has 0 radical (unpaired) electrons. The summed E-state index contributed by atoms with van der Waals surface area (Å²) in [6.45, 7) is 0. The van der Waals surface area contributed by atoms with Crippen molar-refractivity contribution in [2.24, 2.45) is 0 Å². The van der Waals surface area contributed by atoms with Crippen molar-refractivity contribution < 1.29 is 4.74 Å². The summed E-state index contributed by atoms with van der Waals surface area (Å²) in [6.07, 6.45) is 0. The van der Waals surface area contributed by atoms with Gasteiger partial charge in [0.15, 0.2) is 0 Å². The van der Waals surface area contributed by atoms with Crippen LogP contribution >= 0.6 is 35.6 Å². The largest absolute Gasteiger partial charge is 0.495 e. The zero-order valence-corrected chi connectivity index (χ0v) is 10.0. The maximum Gasteiger partial charge on any atom is 0.140 e. The van der Waals surface area contributed by atoms with E-state index in [1.807, 2.05) is 12.1 Å². The Morgan fingerprint density at radius 1 is 1.50 bits per heavy atom. The van der Waals surface area contributed by atoms with Crippen molar-refractivity contribution in [1.29, 1.82) is 0 Å². The molecule has 1 heterocycles. The predicted octanol–water partition coefficient (Wildman–Crippen LogP) is 3.94. The number of ether oxygens (including phenoxy) is 1. The molecule has 1 aromatic heterocycles. The van der Waals surface area contributed by atoms with Crippen LogP contribution in [-0.2, 0) is 5.88 Å². The molecular formula is C10H9ClOS2. The Hall–Kier alpha value is -0.380. The highest BCUT2D eigenvalue weighted by Crippen LogP contribution is 2.37. The first kappa shape index (κ1) is 10.1. The molecule has 0 fully saturated rings. The lowest BCUT2D eigenvalue weighted by atomic mass is 10.2. The average molecular weight is 245 g/mol. The van der Waals surface area contributed by atoms with Crippen LogP contribution in [0.25, 0.3) is 10.1 Å². The third kappa shape index (κ3) is 1.60. The summed E-state index contributed by atoms with van der Waals surface area (Å²) in [5, 5.41) is 1.10. The lowest BCUT2D eigenvalue weighted by Crippen LogP contribution is -1.84. The van der Waals surface area contributed by atoms with Crippen LogP contribution < -0.4 is 4.74 Å². The van der Waals surface area contributed by atoms with Gasteiger partial charge in [0.05, 0.1) is 13.0 Å². The Bertz CT molecular complexity index is 464. The molecule has 0 aliphatic rings. The molecule has 1 nitrogen and oxygen atoms in total. The molecule has 0 spiro atoms. The van der Waals surface area contributed by atoms with Crippen molar-refractivity contribution in [3.8, 4) is 5.75 Å². The average Bonchev–Trinajstić information content (AvgIpc) is 2.60. The molecule has 1 aromatic carbocycles. The van der Waals surface area contributed by atoms with Crippen molar-refractivity contribution in [2.75, 3.05) is 7.11 Å². The second kappa shape index (κ2) is 4.01. The summed E-state index contributed by atoms with van der Waals surface area (Å²) in [6, 6.07) is 6.05. The van der Waals surface area contributed by atoms with Gasteiger partial charge in [-0.15, -0.1) is 35.6 Å². The SMILES string of the molecule is COc1c(S)ccc2sc(CCl)cc12. The molecule has 0 aliphatic heterocycles. The maximum atomic E-state index is 5.78. The first-order chi connectivity index (χ1) is 6.76. The smallest absolute Gasteiger partial charge is 0.140 e. The summed E-state index contributed by atoms with van der Waals surface area (Å²) in [5.41, 5.74) is 0. The molecule has 0 bridgehead atoms. The zero-order chi connectivity index (χ0) is 10.1. The number of thiol groups is 1. The number of alkyl halides is 1. The Balaban J connectivity index is 2.73. The van der Waals surface area contributed by atoms with E-state index in [9.17, 15) is 0 Å². The van der Waals surface area contributed by atoms with Crippen molar-refractivity contribution >= 4 is 45.7 Å². The molecule has 0 saturated heterocycles. The number of rotatable bonds is 2. The number of halogens is 1. The van der Waals surface area contributed by atoms with E-state index >= 15 is 0 Å². The highest BCUT2D eigenvalue weighted by Gasteiger charge is 2.08. The van der Waals surface area contributed by atoms with Crippen LogP contribution in [0.3, 0.4) is 0 Å². The van der Waals surface area contributed by atoms with Crippen molar-refractivity contribution in [1.82, 2.24) is 0 Å². The molecule has 4 heteroatoms. The Morgan fingerprint density at radius 2 is 2.29 bits per heavy atom. The monoisotopic (exact) mass is 244 g/mol. The summed E-state index contributed by atoms with van der Waals surface area (Å²) in [5.74, 6) is 1.38. The third-order valence-corrected chi connectivity index (χ3v) is 3.92. The topological polar surface area (TPSA) is 9.23 Å². The second-order valence-electron chi connectivity index (χ2n) is 2.88. The van der Waals surface area contributed by atoms with Gasteiger partial charge in [0.2, 0.25) is 0 Å². The molecule has 2 rings (SSSR count). The highest BCUT2D eigenvalue weighted by molar-refractivity contribution is 7.80. The second-order valence-corrected chi connectivity index (χ2v) is 4.79. The molecule has 0 saturated carbocycles. The molecule has 0 amide bonds. The van der Waals surface area contributed by atoms with E-state index < -0.39 is 0 Å². The van der Waals surface area contributed by atoms with E-state index in [1.165, 1.54) is 4.70 Å². The normalized spacial score (nSPS) is 10.8. The Morgan fingerprint density at radius 3 is 2.93 bits per heavy atom. The Kier molecular flexibility index (Phi) is 2.91. The van der Waals surface area contributed by atoms with Gasteiger partial charge in [-0.05, 0) is 18.2 Å². The van der Waals surface area contributed by atoms with Crippen LogP contribution in [-0.4, -0.2) is 7.11 Å². The number of hydrogen-bond acceptors (Lipinski definition) is 3. The minimum absolute atomic E-state index is 0.546. The van der Waals surface area contributed by atoms with E-state index in [2.05, 4.69) is 18.7 Å². The summed E-state index contributed by atoms with van der Waals surface area (Å²) < 4.78 is 6.49. The van der Waals surface area contributed by atoms with Gasteiger partial charge < -0.3 is 4.74 Å². The van der Waals surface area contributed by atoms with Gasteiger partial charge in [-0.25, -0.2) is 0 Å². The number of methoxy groups -OCH3 is 1. The van der Waals surface area contributed by atoms with Crippen molar-refractivity contribution in [2.45, 2.75) is 10.8 Å². The van der Waals surface area contributed by atoms with Crippen LogP contribution in [0, 0.1) is 0 Å². The summed E-state index contributed by atoms with van der Waals surface area (Å²) >= 11 is 11.8. The highest BCUT2D eigenvalue weighted by atomic mass is 35.5. The lowest BCUT2D eigenvalue weighted by Gasteiger charge is -2.03. The summed E-state index contributed by atoms with van der Waals surface area (Å²) in [4.78, 5) is 2.01. The van der Waals surface area contributed by atoms with Gasteiger partial charge in [0.25, 0.3) is 0 Å². The quantitative estimate of drug-likeness (QED) is 0.622. The van der Waals surface area contributed by atoms with E-state index in [1.54, 1.807) is 18.4 Å². The fraction of sp³-hybridized carbons (Fsp3) is 0.200. The molecule has 74 valence electrons. The minimum atomic E-state index is 0.546. The molecule has 14 heavy (non-hydrogen) atoms. The lowest BCUT2D eigenvalue weighted by molar-refractivity contribution is 0.410.